The maximum atomic E-state index is 12.3. The van der Waals surface area contributed by atoms with Crippen LogP contribution in [0.5, 0.6) is 0 Å². The summed E-state index contributed by atoms with van der Waals surface area (Å²) < 4.78 is 12.3. The van der Waals surface area contributed by atoms with E-state index in [9.17, 15) is 4.21 Å². The third-order valence-electron chi connectivity index (χ3n) is 3.56. The van der Waals surface area contributed by atoms with Gasteiger partial charge in [0, 0.05) is 27.8 Å². The van der Waals surface area contributed by atoms with E-state index in [4.69, 9.17) is 0 Å². The molecule has 1 aromatic carbocycles. The number of benzene rings is 1. The van der Waals surface area contributed by atoms with Crippen molar-refractivity contribution in [2.24, 2.45) is 0 Å². The average Bonchev–Trinajstić information content (AvgIpc) is 2.77. The van der Waals surface area contributed by atoms with Crippen molar-refractivity contribution in [3.8, 4) is 0 Å². The van der Waals surface area contributed by atoms with Crippen LogP contribution in [0.1, 0.15) is 30.4 Å². The molecule has 1 saturated carbocycles. The maximum Gasteiger partial charge on any atom is 0.0488 e. The molecule has 0 bridgehead atoms. The lowest BCUT2D eigenvalue weighted by Crippen LogP contribution is -2.23. The van der Waals surface area contributed by atoms with Gasteiger partial charge < -0.3 is 5.32 Å². The van der Waals surface area contributed by atoms with Crippen LogP contribution in [0, 0.1) is 6.92 Å². The van der Waals surface area contributed by atoms with E-state index in [1.807, 2.05) is 13.1 Å². The lowest BCUT2D eigenvalue weighted by Gasteiger charge is -2.11. The zero-order chi connectivity index (χ0) is 12.3. The van der Waals surface area contributed by atoms with Gasteiger partial charge in [-0.2, -0.15) is 0 Å². The summed E-state index contributed by atoms with van der Waals surface area (Å²) in [5.41, 5.74) is 2.45. The van der Waals surface area contributed by atoms with Gasteiger partial charge in [0.25, 0.3) is 0 Å². The van der Waals surface area contributed by atoms with Crippen molar-refractivity contribution in [1.82, 2.24) is 5.32 Å². The first-order valence-corrected chi connectivity index (χ1v) is 7.67. The minimum absolute atomic E-state index is 0.382. The van der Waals surface area contributed by atoms with Crippen molar-refractivity contribution in [2.45, 2.75) is 43.2 Å². The third-order valence-corrected chi connectivity index (χ3v) is 5.35. The van der Waals surface area contributed by atoms with Gasteiger partial charge in [-0.3, -0.25) is 4.21 Å². The minimum atomic E-state index is -0.717. The highest BCUT2D eigenvalue weighted by Gasteiger charge is 2.27. The maximum absolute atomic E-state index is 12.3. The summed E-state index contributed by atoms with van der Waals surface area (Å²) in [4.78, 5) is 0. The summed E-state index contributed by atoms with van der Waals surface area (Å²) in [5, 5.41) is 3.67. The molecule has 0 aliphatic heterocycles. The predicted molar refractivity (Wildman–Crippen MR) is 73.5 cm³/mol. The van der Waals surface area contributed by atoms with Crippen LogP contribution >= 0.6 is 0 Å². The molecule has 94 valence electrons. The average molecular weight is 251 g/mol. The molecule has 2 nitrogen and oxygen atoms in total. The lowest BCUT2D eigenvalue weighted by atomic mass is 10.2. The Morgan fingerprint density at radius 3 is 2.88 bits per heavy atom. The number of hydrogen-bond donors (Lipinski definition) is 1. The fourth-order valence-electron chi connectivity index (χ4n) is 2.53. The van der Waals surface area contributed by atoms with Crippen LogP contribution in [-0.4, -0.2) is 22.5 Å². The molecular formula is C14H21NOS. The van der Waals surface area contributed by atoms with Crippen molar-refractivity contribution in [1.29, 1.82) is 0 Å². The minimum Gasteiger partial charge on any atom is -0.317 e. The zero-order valence-electron chi connectivity index (χ0n) is 10.6. The molecule has 3 unspecified atom stereocenters. The van der Waals surface area contributed by atoms with E-state index < -0.39 is 10.8 Å². The van der Waals surface area contributed by atoms with Gasteiger partial charge >= 0.3 is 0 Å². The van der Waals surface area contributed by atoms with Gasteiger partial charge in [0.15, 0.2) is 0 Å². The number of aryl methyl sites for hydroxylation is 1. The molecule has 0 spiro atoms. The van der Waals surface area contributed by atoms with Gasteiger partial charge in [0.1, 0.15) is 0 Å². The Hall–Kier alpha value is -0.670. The highest BCUT2D eigenvalue weighted by molar-refractivity contribution is 7.84. The fourth-order valence-corrected chi connectivity index (χ4v) is 4.11. The Labute approximate surface area is 106 Å². The van der Waals surface area contributed by atoms with Crippen molar-refractivity contribution in [3.05, 3.63) is 35.4 Å². The van der Waals surface area contributed by atoms with E-state index in [-0.39, 0.29) is 0 Å². The second-order valence-corrected chi connectivity index (χ2v) is 6.65. The van der Waals surface area contributed by atoms with E-state index in [2.05, 4.69) is 30.4 Å². The molecule has 0 saturated heterocycles. The summed E-state index contributed by atoms with van der Waals surface area (Å²) in [6, 6.07) is 8.92. The molecule has 0 aromatic heterocycles. The van der Waals surface area contributed by atoms with Gasteiger partial charge in [-0.05, 0) is 38.8 Å². The second-order valence-electron chi connectivity index (χ2n) is 4.93. The van der Waals surface area contributed by atoms with Crippen LogP contribution in [0.15, 0.2) is 24.3 Å². The summed E-state index contributed by atoms with van der Waals surface area (Å²) in [6.45, 7) is 2.08. The number of nitrogens with one attached hydrogen (secondary N) is 1. The predicted octanol–water partition coefficient (Wildman–Crippen LogP) is 2.38. The fraction of sp³-hybridized carbons (Fsp3) is 0.571. The normalized spacial score (nSPS) is 26.0. The van der Waals surface area contributed by atoms with Crippen LogP contribution in [-0.2, 0) is 16.6 Å². The molecule has 0 radical (unpaired) electrons. The Kier molecular flexibility index (Phi) is 4.35. The zero-order valence-corrected chi connectivity index (χ0v) is 11.4. The van der Waals surface area contributed by atoms with Gasteiger partial charge in [-0.1, -0.05) is 29.8 Å². The first kappa shape index (κ1) is 12.8. The summed E-state index contributed by atoms with van der Waals surface area (Å²) in [5.74, 6) is 0.711. The Morgan fingerprint density at radius 1 is 1.41 bits per heavy atom. The first-order valence-electron chi connectivity index (χ1n) is 6.29. The van der Waals surface area contributed by atoms with Crippen LogP contribution < -0.4 is 5.32 Å². The van der Waals surface area contributed by atoms with Crippen molar-refractivity contribution in [2.75, 3.05) is 7.05 Å². The molecule has 1 aromatic rings. The number of hydrogen-bond acceptors (Lipinski definition) is 2. The molecule has 3 atom stereocenters. The largest absolute Gasteiger partial charge is 0.317 e. The third kappa shape index (κ3) is 3.39. The molecule has 0 amide bonds. The van der Waals surface area contributed by atoms with Gasteiger partial charge in [-0.15, -0.1) is 0 Å². The van der Waals surface area contributed by atoms with E-state index in [1.54, 1.807) is 0 Å². The number of rotatable bonds is 4. The van der Waals surface area contributed by atoms with Crippen molar-refractivity contribution >= 4 is 10.8 Å². The van der Waals surface area contributed by atoms with Crippen LogP contribution in [0.25, 0.3) is 0 Å². The van der Waals surface area contributed by atoms with Gasteiger partial charge in [0.2, 0.25) is 0 Å². The lowest BCUT2D eigenvalue weighted by molar-refractivity contribution is 0.581. The Balaban J connectivity index is 1.93. The summed E-state index contributed by atoms with van der Waals surface area (Å²) >= 11 is 0. The smallest absolute Gasteiger partial charge is 0.0488 e. The van der Waals surface area contributed by atoms with Crippen LogP contribution in [0.3, 0.4) is 0 Å². The molecule has 1 aliphatic carbocycles. The van der Waals surface area contributed by atoms with Crippen LogP contribution in [0.2, 0.25) is 0 Å². The van der Waals surface area contributed by atoms with Crippen molar-refractivity contribution < 1.29 is 4.21 Å². The first-order chi connectivity index (χ1) is 8.19. The molecule has 0 heterocycles. The van der Waals surface area contributed by atoms with Crippen LogP contribution in [0.4, 0.5) is 0 Å². The Bertz CT molecular complexity index is 405. The van der Waals surface area contributed by atoms with Gasteiger partial charge in [-0.25, -0.2) is 0 Å². The second kappa shape index (κ2) is 5.78. The monoisotopic (exact) mass is 251 g/mol. The molecule has 17 heavy (non-hydrogen) atoms. The molecule has 1 aliphatic rings. The molecule has 2 rings (SSSR count). The SMILES string of the molecule is CNC1CCC(S(=O)Cc2cccc(C)c2)C1. The Morgan fingerprint density at radius 2 is 2.24 bits per heavy atom. The van der Waals surface area contributed by atoms with Crippen molar-refractivity contribution in [3.63, 3.8) is 0 Å². The topological polar surface area (TPSA) is 29.1 Å². The quantitative estimate of drug-likeness (QED) is 0.890. The standard InChI is InChI=1S/C14H21NOS/c1-11-4-3-5-12(8-11)10-17(16)14-7-6-13(9-14)15-2/h3-5,8,13-15H,6-7,9-10H2,1-2H3. The molecule has 1 fully saturated rings. The summed E-state index contributed by atoms with van der Waals surface area (Å²) in [7, 11) is 1.28. The van der Waals surface area contributed by atoms with E-state index in [0.29, 0.717) is 17.0 Å². The van der Waals surface area contributed by atoms with E-state index >= 15 is 0 Å². The van der Waals surface area contributed by atoms with E-state index in [1.165, 1.54) is 17.5 Å². The highest BCUT2D eigenvalue weighted by atomic mass is 32.2. The summed E-state index contributed by atoms with van der Waals surface area (Å²) in [6.07, 6.45) is 3.33. The molecular weight excluding hydrogens is 230 g/mol. The van der Waals surface area contributed by atoms with Gasteiger partial charge in [0.05, 0.1) is 0 Å². The molecule has 3 heteroatoms. The van der Waals surface area contributed by atoms with E-state index in [0.717, 1.165) is 12.8 Å². The highest BCUT2D eigenvalue weighted by Crippen LogP contribution is 2.25. The molecule has 1 N–H and O–H groups in total.